The van der Waals surface area contributed by atoms with Gasteiger partial charge in [0.1, 0.15) is 0 Å². The van der Waals surface area contributed by atoms with Crippen molar-refractivity contribution < 1.29 is 4.74 Å². The number of morpholine rings is 1. The van der Waals surface area contributed by atoms with Crippen LogP contribution in [0.25, 0.3) is 10.9 Å². The lowest BCUT2D eigenvalue weighted by Crippen LogP contribution is -2.48. The van der Waals surface area contributed by atoms with Crippen LogP contribution in [0.3, 0.4) is 0 Å². The van der Waals surface area contributed by atoms with E-state index in [0.717, 1.165) is 30.8 Å². The second-order valence-electron chi connectivity index (χ2n) is 5.94. The summed E-state index contributed by atoms with van der Waals surface area (Å²) in [5.41, 5.74) is 9.25. The zero-order valence-corrected chi connectivity index (χ0v) is 12.7. The van der Waals surface area contributed by atoms with Gasteiger partial charge >= 0.3 is 0 Å². The molecular weight excluding hydrogens is 262 g/mol. The lowest BCUT2D eigenvalue weighted by Gasteiger charge is -2.36. The predicted molar refractivity (Wildman–Crippen MR) is 85.1 cm³/mol. The number of ether oxygens (including phenoxy) is 1. The molecule has 0 amide bonds. The Hall–Kier alpha value is -1.49. The average molecular weight is 285 g/mol. The first-order chi connectivity index (χ1) is 10.2. The summed E-state index contributed by atoms with van der Waals surface area (Å²) in [5.74, 6) is 0. The lowest BCUT2D eigenvalue weighted by molar-refractivity contribution is -0.0744. The number of nitrogens with zero attached hydrogens (tertiary/aromatic N) is 2. The highest BCUT2D eigenvalue weighted by Crippen LogP contribution is 2.21. The van der Waals surface area contributed by atoms with Crippen molar-refractivity contribution in [3.63, 3.8) is 0 Å². The van der Waals surface area contributed by atoms with Crippen LogP contribution in [-0.4, -0.2) is 41.7 Å². The van der Waals surface area contributed by atoms with Crippen molar-refractivity contribution in [1.29, 1.82) is 0 Å². The van der Waals surface area contributed by atoms with E-state index in [1.54, 1.807) is 0 Å². The summed E-state index contributed by atoms with van der Waals surface area (Å²) < 4.78 is 5.84. The number of pyridine rings is 1. The second kappa shape index (κ2) is 6.10. The van der Waals surface area contributed by atoms with Gasteiger partial charge in [-0.15, -0.1) is 0 Å². The maximum absolute atomic E-state index is 5.84. The summed E-state index contributed by atoms with van der Waals surface area (Å²) in [6.07, 6.45) is 0.379. The molecule has 0 radical (unpaired) electrons. The molecule has 2 atom stereocenters. The van der Waals surface area contributed by atoms with Crippen molar-refractivity contribution in [2.75, 3.05) is 19.6 Å². The van der Waals surface area contributed by atoms with Gasteiger partial charge in [0.25, 0.3) is 0 Å². The Morgan fingerprint density at radius 2 is 2.14 bits per heavy atom. The van der Waals surface area contributed by atoms with Crippen molar-refractivity contribution in [2.45, 2.75) is 32.6 Å². The largest absolute Gasteiger partial charge is 0.371 e. The minimum absolute atomic E-state index is 0.142. The molecule has 4 nitrogen and oxygen atoms in total. The fourth-order valence-corrected chi connectivity index (χ4v) is 3.17. The lowest BCUT2D eigenvalue weighted by atomic mass is 10.1. The van der Waals surface area contributed by atoms with Crippen molar-refractivity contribution in [3.05, 3.63) is 41.6 Å². The molecule has 4 heteroatoms. The quantitative estimate of drug-likeness (QED) is 0.938. The van der Waals surface area contributed by atoms with Crippen LogP contribution in [0.5, 0.6) is 0 Å². The molecule has 112 valence electrons. The third-order valence-electron chi connectivity index (χ3n) is 3.99. The number of rotatable bonds is 3. The standard InChI is InChI=1S/C17H23N3O/c1-12-7-14(16-5-3-4-6-17(16)19-12)10-20-9-13(2)21-15(8-18)11-20/h3-7,13,15H,8-11,18H2,1-2H3. The van der Waals surface area contributed by atoms with Gasteiger partial charge in [0.2, 0.25) is 0 Å². The first kappa shape index (κ1) is 14.4. The first-order valence-corrected chi connectivity index (χ1v) is 7.59. The van der Waals surface area contributed by atoms with Crippen LogP contribution in [0.15, 0.2) is 30.3 Å². The smallest absolute Gasteiger partial charge is 0.0828 e. The maximum atomic E-state index is 5.84. The molecule has 2 aromatic rings. The van der Waals surface area contributed by atoms with E-state index in [2.05, 4.69) is 48.0 Å². The van der Waals surface area contributed by atoms with Crippen molar-refractivity contribution >= 4 is 10.9 Å². The van der Waals surface area contributed by atoms with Gasteiger partial charge in [0, 0.05) is 37.3 Å². The van der Waals surface area contributed by atoms with Gasteiger partial charge in [-0.05, 0) is 31.5 Å². The summed E-state index contributed by atoms with van der Waals surface area (Å²) in [6, 6.07) is 10.5. The minimum Gasteiger partial charge on any atom is -0.371 e. The number of hydrogen-bond acceptors (Lipinski definition) is 4. The molecule has 21 heavy (non-hydrogen) atoms. The van der Waals surface area contributed by atoms with Crippen LogP contribution in [0.4, 0.5) is 0 Å². The monoisotopic (exact) mass is 285 g/mol. The van der Waals surface area contributed by atoms with Gasteiger partial charge in [-0.1, -0.05) is 18.2 Å². The van der Waals surface area contributed by atoms with E-state index >= 15 is 0 Å². The van der Waals surface area contributed by atoms with E-state index in [1.165, 1.54) is 10.9 Å². The van der Waals surface area contributed by atoms with Crippen molar-refractivity contribution in [1.82, 2.24) is 9.88 Å². The Balaban J connectivity index is 1.87. The third kappa shape index (κ3) is 3.23. The van der Waals surface area contributed by atoms with Gasteiger partial charge in [-0.2, -0.15) is 0 Å². The Labute approximate surface area is 125 Å². The third-order valence-corrected chi connectivity index (χ3v) is 3.99. The first-order valence-electron chi connectivity index (χ1n) is 7.59. The highest BCUT2D eigenvalue weighted by molar-refractivity contribution is 5.82. The molecule has 2 heterocycles. The number of nitrogens with two attached hydrogens (primary N) is 1. The highest BCUT2D eigenvalue weighted by atomic mass is 16.5. The molecule has 1 aliphatic heterocycles. The molecule has 1 fully saturated rings. The van der Waals surface area contributed by atoms with Crippen molar-refractivity contribution in [2.24, 2.45) is 5.73 Å². The molecule has 0 spiro atoms. The summed E-state index contributed by atoms with van der Waals surface area (Å²) in [5, 5.41) is 1.24. The molecule has 1 aromatic heterocycles. The molecule has 2 unspecified atom stereocenters. The van der Waals surface area contributed by atoms with Gasteiger partial charge in [0.05, 0.1) is 17.7 Å². The fraction of sp³-hybridized carbons (Fsp3) is 0.471. The van der Waals surface area contributed by atoms with E-state index in [4.69, 9.17) is 10.5 Å². The van der Waals surface area contributed by atoms with Crippen LogP contribution < -0.4 is 5.73 Å². The highest BCUT2D eigenvalue weighted by Gasteiger charge is 2.24. The molecular formula is C17H23N3O. The zero-order chi connectivity index (χ0) is 14.8. The molecule has 0 bridgehead atoms. The summed E-state index contributed by atoms with van der Waals surface area (Å²) in [4.78, 5) is 7.05. The van der Waals surface area contributed by atoms with E-state index < -0.39 is 0 Å². The van der Waals surface area contributed by atoms with Crippen molar-refractivity contribution in [3.8, 4) is 0 Å². The molecule has 0 saturated carbocycles. The van der Waals surface area contributed by atoms with Crippen LogP contribution in [-0.2, 0) is 11.3 Å². The second-order valence-corrected chi connectivity index (χ2v) is 5.94. The SMILES string of the molecule is Cc1cc(CN2CC(C)OC(CN)C2)c2ccccc2n1. The summed E-state index contributed by atoms with van der Waals surface area (Å²) >= 11 is 0. The number of aromatic nitrogens is 1. The van der Waals surface area contributed by atoms with Gasteiger partial charge in [-0.25, -0.2) is 0 Å². The number of benzene rings is 1. The van der Waals surface area contributed by atoms with E-state index in [9.17, 15) is 0 Å². The minimum atomic E-state index is 0.142. The van der Waals surface area contributed by atoms with Crippen LogP contribution in [0.2, 0.25) is 0 Å². The Morgan fingerprint density at radius 3 is 2.95 bits per heavy atom. The maximum Gasteiger partial charge on any atom is 0.0828 e. The van der Waals surface area contributed by atoms with Crippen LogP contribution >= 0.6 is 0 Å². The molecule has 3 rings (SSSR count). The number of hydrogen-bond donors (Lipinski definition) is 1. The average Bonchev–Trinajstić information content (AvgIpc) is 2.46. The number of para-hydroxylation sites is 1. The Kier molecular flexibility index (Phi) is 4.19. The topological polar surface area (TPSA) is 51.4 Å². The Morgan fingerprint density at radius 1 is 1.33 bits per heavy atom. The van der Waals surface area contributed by atoms with Gasteiger partial charge < -0.3 is 10.5 Å². The Bertz CT molecular complexity index is 628. The predicted octanol–water partition coefficient (Wildman–Crippen LogP) is 2.09. The summed E-state index contributed by atoms with van der Waals surface area (Å²) in [7, 11) is 0. The van der Waals surface area contributed by atoms with Crippen LogP contribution in [0.1, 0.15) is 18.2 Å². The van der Waals surface area contributed by atoms with Gasteiger partial charge in [-0.3, -0.25) is 9.88 Å². The van der Waals surface area contributed by atoms with E-state index in [0.29, 0.717) is 6.54 Å². The van der Waals surface area contributed by atoms with E-state index in [-0.39, 0.29) is 12.2 Å². The zero-order valence-electron chi connectivity index (χ0n) is 12.7. The van der Waals surface area contributed by atoms with E-state index in [1.807, 2.05) is 6.07 Å². The molecule has 1 aliphatic rings. The van der Waals surface area contributed by atoms with Crippen LogP contribution in [0, 0.1) is 6.92 Å². The molecule has 1 saturated heterocycles. The molecule has 0 aliphatic carbocycles. The van der Waals surface area contributed by atoms with Gasteiger partial charge in [0.15, 0.2) is 0 Å². The number of aryl methyl sites for hydroxylation is 1. The number of fused-ring (bicyclic) bond motifs is 1. The molecule has 2 N–H and O–H groups in total. The molecule has 1 aromatic carbocycles. The summed E-state index contributed by atoms with van der Waals surface area (Å²) in [6.45, 7) is 7.53. The normalized spacial score (nSPS) is 23.6. The fourth-order valence-electron chi connectivity index (χ4n) is 3.17.